The smallest absolute Gasteiger partial charge is 0.0925 e. The third-order valence-corrected chi connectivity index (χ3v) is 4.85. The van der Waals surface area contributed by atoms with E-state index in [-0.39, 0.29) is 6.10 Å². The summed E-state index contributed by atoms with van der Waals surface area (Å²) in [6, 6.07) is 8.00. The highest BCUT2D eigenvalue weighted by Crippen LogP contribution is 2.33. The molecule has 1 nitrogen and oxygen atoms in total. The molecule has 0 heterocycles. The van der Waals surface area contributed by atoms with Crippen molar-refractivity contribution in [3.63, 3.8) is 0 Å². The Morgan fingerprint density at radius 1 is 1.42 bits per heavy atom. The van der Waals surface area contributed by atoms with Crippen LogP contribution in [-0.2, 0) is 4.74 Å². The van der Waals surface area contributed by atoms with Crippen LogP contribution in [0.3, 0.4) is 0 Å². The van der Waals surface area contributed by atoms with E-state index in [0.29, 0.717) is 6.10 Å². The van der Waals surface area contributed by atoms with Crippen LogP contribution in [0.15, 0.2) is 24.3 Å². The van der Waals surface area contributed by atoms with Crippen LogP contribution in [0, 0.1) is 5.92 Å². The zero-order valence-electron chi connectivity index (χ0n) is 11.4. The quantitative estimate of drug-likeness (QED) is 0.616. The number of halogens is 2. The van der Waals surface area contributed by atoms with Crippen molar-refractivity contribution in [2.75, 3.05) is 5.33 Å². The molecule has 0 saturated heterocycles. The molecule has 19 heavy (non-hydrogen) atoms. The molecule has 1 aromatic carbocycles. The van der Waals surface area contributed by atoms with Crippen LogP contribution in [0.1, 0.15) is 50.7 Å². The summed E-state index contributed by atoms with van der Waals surface area (Å²) < 4.78 is 6.31. The van der Waals surface area contributed by atoms with Gasteiger partial charge in [-0.25, -0.2) is 0 Å². The van der Waals surface area contributed by atoms with Crippen molar-refractivity contribution in [1.29, 1.82) is 0 Å². The maximum atomic E-state index is 6.31. The first-order valence-electron chi connectivity index (χ1n) is 7.19. The van der Waals surface area contributed by atoms with Gasteiger partial charge in [0.15, 0.2) is 0 Å². The Labute approximate surface area is 129 Å². The fourth-order valence-corrected chi connectivity index (χ4v) is 3.60. The first-order chi connectivity index (χ1) is 9.22. The zero-order valence-corrected chi connectivity index (χ0v) is 13.8. The number of rotatable bonds is 5. The molecular weight excluding hydrogens is 324 g/mol. The first kappa shape index (κ1) is 15.3. The maximum Gasteiger partial charge on any atom is 0.0925 e. The maximum absolute atomic E-state index is 6.31. The Bertz CT molecular complexity index is 396. The minimum atomic E-state index is 0.110. The van der Waals surface area contributed by atoms with E-state index in [1.54, 1.807) is 0 Å². The second-order valence-corrected chi connectivity index (χ2v) is 6.48. The molecule has 0 aromatic heterocycles. The molecule has 0 bridgehead atoms. The SMILES string of the molecule is CCC1CCCC(OC(CBr)c2cccc(Cl)c2)C1. The van der Waals surface area contributed by atoms with Gasteiger partial charge in [-0.15, -0.1) is 0 Å². The number of alkyl halides is 1. The average molecular weight is 346 g/mol. The van der Waals surface area contributed by atoms with E-state index in [1.807, 2.05) is 18.2 Å². The van der Waals surface area contributed by atoms with E-state index in [4.69, 9.17) is 16.3 Å². The topological polar surface area (TPSA) is 9.23 Å². The third-order valence-electron chi connectivity index (χ3n) is 4.03. The van der Waals surface area contributed by atoms with Gasteiger partial charge in [-0.3, -0.25) is 0 Å². The Hall–Kier alpha value is -0.0500. The summed E-state index contributed by atoms with van der Waals surface area (Å²) in [5, 5.41) is 1.60. The minimum absolute atomic E-state index is 0.110. The van der Waals surface area contributed by atoms with Gasteiger partial charge in [0.1, 0.15) is 0 Å². The highest BCUT2D eigenvalue weighted by atomic mass is 79.9. The number of hydrogen-bond donors (Lipinski definition) is 0. The highest BCUT2D eigenvalue weighted by Gasteiger charge is 2.24. The van der Waals surface area contributed by atoms with Crippen molar-refractivity contribution in [1.82, 2.24) is 0 Å². The molecule has 2 rings (SSSR count). The van der Waals surface area contributed by atoms with Crippen LogP contribution >= 0.6 is 27.5 Å². The second kappa shape index (κ2) is 7.66. The molecule has 1 aliphatic rings. The van der Waals surface area contributed by atoms with Gasteiger partial charge in [0.05, 0.1) is 12.2 Å². The number of ether oxygens (including phenoxy) is 1. The molecule has 1 fully saturated rings. The predicted molar refractivity (Wildman–Crippen MR) is 85.1 cm³/mol. The van der Waals surface area contributed by atoms with Crippen molar-refractivity contribution in [3.8, 4) is 0 Å². The summed E-state index contributed by atoms with van der Waals surface area (Å²) in [5.41, 5.74) is 1.17. The molecule has 1 aromatic rings. The Balaban J connectivity index is 1.99. The Morgan fingerprint density at radius 2 is 2.26 bits per heavy atom. The van der Waals surface area contributed by atoms with E-state index in [1.165, 1.54) is 37.7 Å². The van der Waals surface area contributed by atoms with Gasteiger partial charge in [-0.05, 0) is 36.5 Å². The highest BCUT2D eigenvalue weighted by molar-refractivity contribution is 9.09. The number of benzene rings is 1. The standard InChI is InChI=1S/C16H22BrClO/c1-2-12-5-3-8-15(9-12)19-16(11-17)13-6-4-7-14(18)10-13/h4,6-7,10,12,15-16H,2-3,5,8-9,11H2,1H3. The molecule has 0 amide bonds. The second-order valence-electron chi connectivity index (χ2n) is 5.40. The van der Waals surface area contributed by atoms with Crippen LogP contribution in [0.4, 0.5) is 0 Å². The average Bonchev–Trinajstić information content (AvgIpc) is 2.45. The molecule has 106 valence electrons. The van der Waals surface area contributed by atoms with Crippen molar-refractivity contribution in [3.05, 3.63) is 34.9 Å². The lowest BCUT2D eigenvalue weighted by Gasteiger charge is -2.31. The third kappa shape index (κ3) is 4.47. The summed E-state index contributed by atoms with van der Waals surface area (Å²) in [5.74, 6) is 0.842. The summed E-state index contributed by atoms with van der Waals surface area (Å²) in [6.07, 6.45) is 6.86. The molecule has 1 aliphatic carbocycles. The van der Waals surface area contributed by atoms with Gasteiger partial charge in [-0.1, -0.05) is 65.8 Å². The van der Waals surface area contributed by atoms with Crippen molar-refractivity contribution >= 4 is 27.5 Å². The first-order valence-corrected chi connectivity index (χ1v) is 8.69. The van der Waals surface area contributed by atoms with Crippen LogP contribution in [-0.4, -0.2) is 11.4 Å². The van der Waals surface area contributed by atoms with Crippen LogP contribution < -0.4 is 0 Å². The van der Waals surface area contributed by atoms with Crippen molar-refractivity contribution in [2.24, 2.45) is 5.92 Å². The van der Waals surface area contributed by atoms with Crippen LogP contribution in [0.25, 0.3) is 0 Å². The molecule has 3 unspecified atom stereocenters. The lowest BCUT2D eigenvalue weighted by Crippen LogP contribution is -2.25. The number of hydrogen-bond acceptors (Lipinski definition) is 1. The van der Waals surface area contributed by atoms with Crippen LogP contribution in [0.5, 0.6) is 0 Å². The molecule has 0 spiro atoms. The Kier molecular flexibility index (Phi) is 6.18. The molecular formula is C16H22BrClO. The monoisotopic (exact) mass is 344 g/mol. The van der Waals surface area contributed by atoms with Gasteiger partial charge >= 0.3 is 0 Å². The van der Waals surface area contributed by atoms with E-state index < -0.39 is 0 Å². The zero-order chi connectivity index (χ0) is 13.7. The van der Waals surface area contributed by atoms with E-state index in [9.17, 15) is 0 Å². The van der Waals surface area contributed by atoms with Crippen molar-refractivity contribution in [2.45, 2.75) is 51.2 Å². The summed E-state index contributed by atoms with van der Waals surface area (Å²) in [7, 11) is 0. The predicted octanol–water partition coefficient (Wildman–Crippen LogP) is 5.76. The fraction of sp³-hybridized carbons (Fsp3) is 0.625. The molecule has 0 N–H and O–H groups in total. The normalized spacial score (nSPS) is 25.2. The van der Waals surface area contributed by atoms with Gasteiger partial charge in [0.25, 0.3) is 0 Å². The largest absolute Gasteiger partial charge is 0.369 e. The van der Waals surface area contributed by atoms with Gasteiger partial charge < -0.3 is 4.74 Å². The van der Waals surface area contributed by atoms with E-state index in [2.05, 4.69) is 28.9 Å². The lowest BCUT2D eigenvalue weighted by atomic mass is 9.85. The lowest BCUT2D eigenvalue weighted by molar-refractivity contribution is -0.0312. The molecule has 3 atom stereocenters. The fourth-order valence-electron chi connectivity index (χ4n) is 2.88. The van der Waals surface area contributed by atoms with Gasteiger partial charge in [0.2, 0.25) is 0 Å². The van der Waals surface area contributed by atoms with Gasteiger partial charge in [-0.2, -0.15) is 0 Å². The van der Waals surface area contributed by atoms with Crippen LogP contribution in [0.2, 0.25) is 5.02 Å². The molecule has 3 heteroatoms. The minimum Gasteiger partial charge on any atom is -0.369 e. The molecule has 0 radical (unpaired) electrons. The summed E-state index contributed by atoms with van der Waals surface area (Å²) in [4.78, 5) is 0. The summed E-state index contributed by atoms with van der Waals surface area (Å²) in [6.45, 7) is 2.28. The molecule has 0 aliphatic heterocycles. The van der Waals surface area contributed by atoms with Crippen molar-refractivity contribution < 1.29 is 4.74 Å². The van der Waals surface area contributed by atoms with Gasteiger partial charge in [0, 0.05) is 10.4 Å². The summed E-state index contributed by atoms with van der Waals surface area (Å²) >= 11 is 9.63. The van der Waals surface area contributed by atoms with E-state index in [0.717, 1.165) is 16.3 Å². The Morgan fingerprint density at radius 3 is 2.95 bits per heavy atom. The molecule has 1 saturated carbocycles. The van der Waals surface area contributed by atoms with E-state index >= 15 is 0 Å².